The van der Waals surface area contributed by atoms with Crippen molar-refractivity contribution in [3.05, 3.63) is 89.6 Å². The first-order chi connectivity index (χ1) is 15.8. The fourth-order valence-electron chi connectivity index (χ4n) is 2.87. The molecule has 0 aliphatic carbocycles. The molecule has 3 aromatic rings. The Kier molecular flexibility index (Phi) is 7.46. The van der Waals surface area contributed by atoms with Gasteiger partial charge in [-0.25, -0.2) is 9.18 Å². The van der Waals surface area contributed by atoms with Gasteiger partial charge in [0.25, 0.3) is 11.2 Å². The lowest BCUT2D eigenvalue weighted by Crippen LogP contribution is -2.36. The lowest BCUT2D eigenvalue weighted by atomic mass is 10.2. The average molecular weight is 471 g/mol. The highest BCUT2D eigenvalue weighted by Crippen LogP contribution is 2.13. The van der Waals surface area contributed by atoms with E-state index in [0.717, 1.165) is 28.0 Å². The first-order valence-corrected chi connectivity index (χ1v) is 10.5. The molecule has 33 heavy (non-hydrogen) atoms. The first kappa shape index (κ1) is 23.5. The molecule has 170 valence electrons. The molecular weight excluding hydrogens is 453 g/mol. The monoisotopic (exact) mass is 471 g/mol. The summed E-state index contributed by atoms with van der Waals surface area (Å²) in [5, 5.41) is 13.5. The number of ether oxygens (including phenoxy) is 1. The molecule has 0 spiro atoms. The van der Waals surface area contributed by atoms with Crippen LogP contribution in [-0.4, -0.2) is 28.0 Å². The highest BCUT2D eigenvalue weighted by Gasteiger charge is 2.12. The summed E-state index contributed by atoms with van der Waals surface area (Å²) in [7, 11) is 0. The summed E-state index contributed by atoms with van der Waals surface area (Å²) in [5.41, 5.74) is -0.103. The Morgan fingerprint density at radius 1 is 1.24 bits per heavy atom. The summed E-state index contributed by atoms with van der Waals surface area (Å²) in [6.45, 7) is 1.30. The number of thiazole rings is 1. The van der Waals surface area contributed by atoms with E-state index in [0.29, 0.717) is 5.56 Å². The van der Waals surface area contributed by atoms with Crippen molar-refractivity contribution in [3.63, 3.8) is 0 Å². The number of non-ortho nitro benzene ring substituents is 1. The molecule has 0 saturated heterocycles. The zero-order chi connectivity index (χ0) is 24.0. The number of benzene rings is 2. The van der Waals surface area contributed by atoms with Crippen molar-refractivity contribution in [1.29, 1.82) is 0 Å². The third-order valence-electron chi connectivity index (χ3n) is 4.25. The van der Waals surface area contributed by atoms with Crippen molar-refractivity contribution in [2.24, 2.45) is 0 Å². The quantitative estimate of drug-likeness (QED) is 0.319. The number of carbonyl (C=O) groups is 2. The third kappa shape index (κ3) is 6.20. The van der Waals surface area contributed by atoms with Crippen molar-refractivity contribution in [3.8, 4) is 0 Å². The number of rotatable bonds is 7. The topological polar surface area (TPSA) is 121 Å². The first-order valence-electron chi connectivity index (χ1n) is 9.66. The maximum atomic E-state index is 13.4. The minimum absolute atomic E-state index is 0.123. The molecule has 9 nitrogen and oxygen atoms in total. The number of carbonyl (C=O) groups excluding carboxylic acids is 2. The molecule has 0 unspecified atom stereocenters. The largest absolute Gasteiger partial charge is 0.463 e. The lowest BCUT2D eigenvalue weighted by Gasteiger charge is -2.06. The van der Waals surface area contributed by atoms with Crippen LogP contribution in [-0.2, 0) is 20.9 Å². The smallest absolute Gasteiger partial charge is 0.333 e. The van der Waals surface area contributed by atoms with Crippen molar-refractivity contribution < 1.29 is 23.6 Å². The SMILES string of the molecule is CCOC(=O)/C=c1\s/c(=C\c2cccc([N+](=O)[O-])c2)c(=O)n1CC(=O)Nc1cccc(F)c1. The molecule has 0 atom stereocenters. The van der Waals surface area contributed by atoms with E-state index >= 15 is 0 Å². The minimum Gasteiger partial charge on any atom is -0.463 e. The number of nitro benzene ring substituents is 1. The Hall–Kier alpha value is -4.12. The zero-order valence-electron chi connectivity index (χ0n) is 17.3. The van der Waals surface area contributed by atoms with Gasteiger partial charge >= 0.3 is 5.97 Å². The fraction of sp³-hybridized carbons (Fsp3) is 0.136. The maximum absolute atomic E-state index is 13.4. The molecule has 0 aliphatic heterocycles. The van der Waals surface area contributed by atoms with Crippen molar-refractivity contribution >= 4 is 46.7 Å². The highest BCUT2D eigenvalue weighted by molar-refractivity contribution is 7.07. The van der Waals surface area contributed by atoms with Gasteiger partial charge in [0, 0.05) is 17.8 Å². The standard InChI is InChI=1S/C22H18FN3O6S/c1-2-32-21(28)12-20-25(13-19(27)24-16-7-4-6-15(23)11-16)22(29)18(33-20)10-14-5-3-8-17(9-14)26(30)31/h3-12H,2,13H2,1H3,(H,24,27)/b18-10-,20-12-. The van der Waals surface area contributed by atoms with Gasteiger partial charge in [-0.15, -0.1) is 11.3 Å². The van der Waals surface area contributed by atoms with Crippen LogP contribution in [0.2, 0.25) is 0 Å². The highest BCUT2D eigenvalue weighted by atomic mass is 32.1. The molecular formula is C22H18FN3O6S. The van der Waals surface area contributed by atoms with Crippen LogP contribution in [0.5, 0.6) is 0 Å². The number of nitrogens with one attached hydrogen (secondary N) is 1. The van der Waals surface area contributed by atoms with Crippen LogP contribution in [0.4, 0.5) is 15.8 Å². The van der Waals surface area contributed by atoms with E-state index in [-0.39, 0.29) is 27.2 Å². The number of aromatic nitrogens is 1. The van der Waals surface area contributed by atoms with Gasteiger partial charge in [-0.2, -0.15) is 0 Å². The van der Waals surface area contributed by atoms with E-state index in [9.17, 15) is 28.9 Å². The maximum Gasteiger partial charge on any atom is 0.333 e. The van der Waals surface area contributed by atoms with Gasteiger partial charge in [0.15, 0.2) is 0 Å². The van der Waals surface area contributed by atoms with Crippen LogP contribution in [0.3, 0.4) is 0 Å². The molecule has 1 aromatic heterocycles. The molecule has 11 heteroatoms. The number of nitro groups is 1. The van der Waals surface area contributed by atoms with E-state index in [1.54, 1.807) is 13.0 Å². The van der Waals surface area contributed by atoms with E-state index in [4.69, 9.17) is 4.74 Å². The molecule has 1 amide bonds. The molecule has 1 heterocycles. The summed E-state index contributed by atoms with van der Waals surface area (Å²) in [5.74, 6) is -1.84. The van der Waals surface area contributed by atoms with Gasteiger partial charge in [-0.1, -0.05) is 18.2 Å². The van der Waals surface area contributed by atoms with Gasteiger partial charge in [0.1, 0.15) is 17.0 Å². The lowest BCUT2D eigenvalue weighted by molar-refractivity contribution is -0.384. The minimum atomic E-state index is -0.695. The molecule has 0 aliphatic rings. The van der Waals surface area contributed by atoms with Gasteiger partial charge < -0.3 is 10.1 Å². The van der Waals surface area contributed by atoms with E-state index in [2.05, 4.69) is 5.32 Å². The van der Waals surface area contributed by atoms with Gasteiger partial charge in [0.2, 0.25) is 5.91 Å². The second-order valence-corrected chi connectivity index (χ2v) is 7.71. The van der Waals surface area contributed by atoms with Crippen LogP contribution in [0, 0.1) is 15.9 Å². The molecule has 2 aromatic carbocycles. The number of amides is 1. The third-order valence-corrected chi connectivity index (χ3v) is 5.31. The number of halogens is 1. The van der Waals surface area contributed by atoms with E-state index in [1.807, 2.05) is 0 Å². The van der Waals surface area contributed by atoms with Crippen LogP contribution in [0.25, 0.3) is 12.2 Å². The Balaban J connectivity index is 2.03. The van der Waals surface area contributed by atoms with Crippen molar-refractivity contribution in [1.82, 2.24) is 4.57 Å². The van der Waals surface area contributed by atoms with E-state index < -0.39 is 34.7 Å². The number of hydrogen-bond donors (Lipinski definition) is 1. The Labute approximate surface area is 190 Å². The average Bonchev–Trinajstić information content (AvgIpc) is 3.02. The van der Waals surface area contributed by atoms with Crippen molar-refractivity contribution in [2.75, 3.05) is 11.9 Å². The Morgan fingerprint density at radius 3 is 2.70 bits per heavy atom. The van der Waals surface area contributed by atoms with Gasteiger partial charge in [0.05, 0.1) is 22.1 Å². The number of esters is 1. The van der Waals surface area contributed by atoms with Crippen LogP contribution in [0.15, 0.2) is 53.3 Å². The molecule has 1 N–H and O–H groups in total. The zero-order valence-corrected chi connectivity index (χ0v) is 18.1. The summed E-state index contributed by atoms with van der Waals surface area (Å²) in [6.07, 6.45) is 2.53. The molecule has 3 rings (SSSR count). The second kappa shape index (κ2) is 10.5. The van der Waals surface area contributed by atoms with Crippen molar-refractivity contribution in [2.45, 2.75) is 13.5 Å². The summed E-state index contributed by atoms with van der Waals surface area (Å²) in [4.78, 5) is 47.9. The van der Waals surface area contributed by atoms with Gasteiger partial charge in [-0.05, 0) is 36.8 Å². The van der Waals surface area contributed by atoms with E-state index in [1.165, 1.54) is 42.5 Å². The summed E-state index contributed by atoms with van der Waals surface area (Å²) in [6, 6.07) is 11.0. The second-order valence-electron chi connectivity index (χ2n) is 6.65. The predicted octanol–water partition coefficient (Wildman–Crippen LogP) is 1.77. The molecule has 0 radical (unpaired) electrons. The summed E-state index contributed by atoms with van der Waals surface area (Å²) >= 11 is 0.929. The molecule has 0 bridgehead atoms. The van der Waals surface area contributed by atoms with Crippen LogP contribution < -0.4 is 20.1 Å². The normalized spacial score (nSPS) is 11.9. The predicted molar refractivity (Wildman–Crippen MR) is 121 cm³/mol. The fourth-order valence-corrected chi connectivity index (χ4v) is 3.90. The number of nitrogens with zero attached hydrogens (tertiary/aromatic N) is 2. The van der Waals surface area contributed by atoms with Crippen LogP contribution >= 0.6 is 11.3 Å². The Bertz CT molecular complexity index is 1400. The summed E-state index contributed by atoms with van der Waals surface area (Å²) < 4.78 is 19.7. The Morgan fingerprint density at radius 2 is 2.00 bits per heavy atom. The molecule has 0 saturated carbocycles. The van der Waals surface area contributed by atoms with Gasteiger partial charge in [-0.3, -0.25) is 24.3 Å². The number of hydrogen-bond acceptors (Lipinski definition) is 7. The molecule has 0 fully saturated rings. The number of anilines is 1. The van der Waals surface area contributed by atoms with Crippen LogP contribution in [0.1, 0.15) is 12.5 Å².